The van der Waals surface area contributed by atoms with Gasteiger partial charge >= 0.3 is 5.97 Å². The third kappa shape index (κ3) is 2.92. The number of esters is 1. The van der Waals surface area contributed by atoms with Gasteiger partial charge < -0.3 is 14.4 Å². The largest absolute Gasteiger partial charge is 0.479 e. The molecule has 20 heavy (non-hydrogen) atoms. The van der Waals surface area contributed by atoms with Crippen LogP contribution in [0.5, 0.6) is 5.75 Å². The minimum Gasteiger partial charge on any atom is -0.479 e. The molecule has 1 aromatic rings. The van der Waals surface area contributed by atoms with Crippen molar-refractivity contribution in [3.63, 3.8) is 0 Å². The zero-order valence-corrected chi connectivity index (χ0v) is 12.0. The van der Waals surface area contributed by atoms with E-state index in [2.05, 4.69) is 4.74 Å². The van der Waals surface area contributed by atoms with Gasteiger partial charge in [-0.15, -0.1) is 0 Å². The maximum atomic E-state index is 12.2. The van der Waals surface area contributed by atoms with Crippen molar-refractivity contribution in [1.82, 2.24) is 0 Å². The molecule has 0 fully saturated rings. The fourth-order valence-corrected chi connectivity index (χ4v) is 2.23. The van der Waals surface area contributed by atoms with Crippen LogP contribution in [0.15, 0.2) is 18.2 Å². The van der Waals surface area contributed by atoms with Crippen LogP contribution in [0, 0.1) is 6.92 Å². The topological polar surface area (TPSA) is 55.8 Å². The van der Waals surface area contributed by atoms with Gasteiger partial charge in [-0.3, -0.25) is 9.59 Å². The number of methoxy groups -OCH3 is 1. The van der Waals surface area contributed by atoms with E-state index in [1.807, 2.05) is 25.1 Å². The van der Waals surface area contributed by atoms with Gasteiger partial charge in [0.25, 0.3) is 5.91 Å². The van der Waals surface area contributed by atoms with E-state index >= 15 is 0 Å². The van der Waals surface area contributed by atoms with Gasteiger partial charge in [0.05, 0.1) is 12.8 Å². The summed E-state index contributed by atoms with van der Waals surface area (Å²) in [5.74, 6) is 0.379. The highest BCUT2D eigenvalue weighted by Gasteiger charge is 2.31. The summed E-state index contributed by atoms with van der Waals surface area (Å²) in [5.41, 5.74) is 1.85. The van der Waals surface area contributed by atoms with E-state index in [-0.39, 0.29) is 11.9 Å². The molecular weight excluding hydrogens is 258 g/mol. The lowest BCUT2D eigenvalue weighted by Crippen LogP contribution is -2.45. The number of amides is 1. The lowest BCUT2D eigenvalue weighted by molar-refractivity contribution is -0.140. The molecule has 1 aliphatic heterocycles. The summed E-state index contributed by atoms with van der Waals surface area (Å²) < 4.78 is 10.2. The van der Waals surface area contributed by atoms with Crippen molar-refractivity contribution in [2.24, 2.45) is 0 Å². The molecule has 1 aromatic carbocycles. The number of aryl methyl sites for hydroxylation is 1. The Balaban J connectivity index is 2.15. The zero-order chi connectivity index (χ0) is 14.7. The Morgan fingerprint density at radius 1 is 1.45 bits per heavy atom. The third-order valence-corrected chi connectivity index (χ3v) is 3.31. The lowest BCUT2D eigenvalue weighted by Gasteiger charge is -2.33. The molecule has 0 saturated heterocycles. The first-order valence-corrected chi connectivity index (χ1v) is 6.68. The number of fused-ring (bicyclic) bond motifs is 1. The Morgan fingerprint density at radius 3 is 2.90 bits per heavy atom. The second-order valence-electron chi connectivity index (χ2n) is 4.90. The van der Waals surface area contributed by atoms with Crippen molar-refractivity contribution in [3.05, 3.63) is 23.8 Å². The summed E-state index contributed by atoms with van der Waals surface area (Å²) in [5, 5.41) is 0. The predicted molar refractivity (Wildman–Crippen MR) is 74.9 cm³/mol. The van der Waals surface area contributed by atoms with Gasteiger partial charge in [0.2, 0.25) is 0 Å². The molecule has 0 N–H and O–H groups in total. The molecule has 0 saturated carbocycles. The summed E-state index contributed by atoms with van der Waals surface area (Å²) in [7, 11) is 1.36. The van der Waals surface area contributed by atoms with Crippen molar-refractivity contribution < 1.29 is 19.1 Å². The number of carbonyl (C=O) groups excluding carboxylic acids is 2. The van der Waals surface area contributed by atoms with Gasteiger partial charge in [-0.25, -0.2) is 0 Å². The predicted octanol–water partition coefficient (Wildman–Crippen LogP) is 2.06. The van der Waals surface area contributed by atoms with Crippen LogP contribution in [0.4, 0.5) is 5.69 Å². The van der Waals surface area contributed by atoms with Crippen molar-refractivity contribution >= 4 is 17.6 Å². The number of carbonyl (C=O) groups is 2. The average Bonchev–Trinajstić information content (AvgIpc) is 2.42. The maximum absolute atomic E-state index is 12.2. The smallest absolute Gasteiger partial charge is 0.305 e. The quantitative estimate of drug-likeness (QED) is 0.790. The fourth-order valence-electron chi connectivity index (χ4n) is 2.23. The first-order valence-electron chi connectivity index (χ1n) is 6.68. The van der Waals surface area contributed by atoms with Crippen molar-refractivity contribution in [3.8, 4) is 5.75 Å². The molecule has 1 unspecified atom stereocenters. The molecule has 0 aliphatic carbocycles. The van der Waals surface area contributed by atoms with Crippen LogP contribution in [-0.4, -0.2) is 31.6 Å². The summed E-state index contributed by atoms with van der Waals surface area (Å²) >= 11 is 0. The maximum Gasteiger partial charge on any atom is 0.305 e. The standard InChI is InChI=1S/C15H19NO4/c1-10-6-7-12-13(9-10)20-11(2)15(18)16(12)8-4-5-14(17)19-3/h6-7,9,11H,4-5,8H2,1-3H3. The summed E-state index contributed by atoms with van der Waals surface area (Å²) in [4.78, 5) is 25.0. The van der Waals surface area contributed by atoms with Crippen LogP contribution >= 0.6 is 0 Å². The molecule has 1 amide bonds. The highest BCUT2D eigenvalue weighted by Crippen LogP contribution is 2.34. The number of anilines is 1. The fraction of sp³-hybridized carbons (Fsp3) is 0.467. The van der Waals surface area contributed by atoms with Gasteiger partial charge in [0.1, 0.15) is 5.75 Å². The Kier molecular flexibility index (Phi) is 4.27. The van der Waals surface area contributed by atoms with Crippen LogP contribution in [0.3, 0.4) is 0 Å². The van der Waals surface area contributed by atoms with Crippen molar-refractivity contribution in [2.75, 3.05) is 18.6 Å². The molecule has 0 radical (unpaired) electrons. The van der Waals surface area contributed by atoms with Crippen molar-refractivity contribution in [1.29, 1.82) is 0 Å². The van der Waals surface area contributed by atoms with Crippen molar-refractivity contribution in [2.45, 2.75) is 32.8 Å². The van der Waals surface area contributed by atoms with Crippen LogP contribution in [0.1, 0.15) is 25.3 Å². The Labute approximate surface area is 118 Å². The molecule has 0 bridgehead atoms. The van der Waals surface area contributed by atoms with Gasteiger partial charge in [-0.05, 0) is 38.0 Å². The van der Waals surface area contributed by atoms with E-state index in [1.54, 1.807) is 11.8 Å². The van der Waals surface area contributed by atoms with Gasteiger partial charge in [-0.2, -0.15) is 0 Å². The number of rotatable bonds is 4. The molecule has 1 atom stereocenters. The molecule has 2 rings (SSSR count). The van der Waals surface area contributed by atoms with Crippen LogP contribution < -0.4 is 9.64 Å². The van der Waals surface area contributed by atoms with E-state index in [0.717, 1.165) is 17.0 Å². The first kappa shape index (κ1) is 14.4. The molecule has 108 valence electrons. The van der Waals surface area contributed by atoms with E-state index in [0.29, 0.717) is 19.4 Å². The highest BCUT2D eigenvalue weighted by molar-refractivity contribution is 5.99. The molecular formula is C15H19NO4. The van der Waals surface area contributed by atoms with E-state index in [1.165, 1.54) is 7.11 Å². The summed E-state index contributed by atoms with van der Waals surface area (Å²) in [6, 6.07) is 5.75. The normalized spacial score (nSPS) is 17.4. The molecule has 0 spiro atoms. The van der Waals surface area contributed by atoms with Crippen LogP contribution in [-0.2, 0) is 14.3 Å². The van der Waals surface area contributed by atoms with Crippen LogP contribution in [0.2, 0.25) is 0 Å². The molecule has 0 aromatic heterocycles. The minimum atomic E-state index is -0.498. The van der Waals surface area contributed by atoms with E-state index in [9.17, 15) is 9.59 Å². The van der Waals surface area contributed by atoms with E-state index in [4.69, 9.17) is 4.74 Å². The number of ether oxygens (including phenoxy) is 2. The number of hydrogen-bond acceptors (Lipinski definition) is 4. The molecule has 5 nitrogen and oxygen atoms in total. The monoisotopic (exact) mass is 277 g/mol. The van der Waals surface area contributed by atoms with E-state index < -0.39 is 6.10 Å². The lowest BCUT2D eigenvalue weighted by atomic mass is 10.1. The summed E-state index contributed by atoms with van der Waals surface area (Å²) in [6.45, 7) is 4.20. The minimum absolute atomic E-state index is 0.0776. The molecule has 5 heteroatoms. The Morgan fingerprint density at radius 2 is 2.20 bits per heavy atom. The summed E-state index contributed by atoms with van der Waals surface area (Å²) in [6.07, 6.45) is 0.372. The third-order valence-electron chi connectivity index (χ3n) is 3.31. The molecule has 1 heterocycles. The second-order valence-corrected chi connectivity index (χ2v) is 4.90. The SMILES string of the molecule is COC(=O)CCCN1C(=O)C(C)Oc2cc(C)ccc21. The molecule has 1 aliphatic rings. The highest BCUT2D eigenvalue weighted by atomic mass is 16.5. The van der Waals surface area contributed by atoms with Gasteiger partial charge in [0.15, 0.2) is 6.10 Å². The van der Waals surface area contributed by atoms with Gasteiger partial charge in [-0.1, -0.05) is 6.07 Å². The Bertz CT molecular complexity index is 527. The number of nitrogens with zero attached hydrogens (tertiary/aromatic N) is 1. The average molecular weight is 277 g/mol. The van der Waals surface area contributed by atoms with Gasteiger partial charge in [0, 0.05) is 13.0 Å². The van der Waals surface area contributed by atoms with Crippen LogP contribution in [0.25, 0.3) is 0 Å². The second kappa shape index (κ2) is 5.94. The number of benzene rings is 1. The first-order chi connectivity index (χ1) is 9.52. The number of hydrogen-bond donors (Lipinski definition) is 0. The zero-order valence-electron chi connectivity index (χ0n) is 12.0. The Hall–Kier alpha value is -2.04.